The lowest BCUT2D eigenvalue weighted by Crippen LogP contribution is -2.17. The highest BCUT2D eigenvalue weighted by molar-refractivity contribution is 8.26. The number of carbonyl (C=O) groups excluding carboxylic acids is 1. The highest BCUT2D eigenvalue weighted by Gasteiger charge is 2.21. The number of benzene rings is 2. The molecule has 2 aromatic carbocycles. The number of hydrogen-bond acceptors (Lipinski definition) is 3. The normalized spacial score (nSPS) is 16.3. The van der Waals surface area contributed by atoms with Crippen LogP contribution in [0.25, 0.3) is 28.1 Å². The largest absolute Gasteiger partial charge is 0.361 e. The third-order valence-electron chi connectivity index (χ3n) is 3.71. The molecule has 1 aliphatic heterocycles. The summed E-state index contributed by atoms with van der Waals surface area (Å²) in [6, 6.07) is 16.5. The fourth-order valence-electron chi connectivity index (χ4n) is 2.61. The van der Waals surface area contributed by atoms with Crippen LogP contribution < -0.4 is 5.32 Å². The standard InChI is InChI=1S/C18H12N2OS2/c21-17-16(23-18(22)20-17)9-11-2-1-3-12(8-11)13-4-5-15-14(10-13)6-7-19-15/h1-10,19H,(H,20,21,22). The fourth-order valence-corrected chi connectivity index (χ4v) is 3.66. The van der Waals surface area contributed by atoms with E-state index >= 15 is 0 Å². The monoisotopic (exact) mass is 336 g/mol. The number of H-pyrrole nitrogens is 1. The Morgan fingerprint density at radius 3 is 2.74 bits per heavy atom. The van der Waals surface area contributed by atoms with Gasteiger partial charge in [0.25, 0.3) is 5.91 Å². The molecule has 2 N–H and O–H groups in total. The van der Waals surface area contributed by atoms with E-state index in [0.29, 0.717) is 9.23 Å². The lowest BCUT2D eigenvalue weighted by atomic mass is 10.0. The maximum Gasteiger partial charge on any atom is 0.263 e. The van der Waals surface area contributed by atoms with Gasteiger partial charge in [0.2, 0.25) is 0 Å². The minimum Gasteiger partial charge on any atom is -0.361 e. The summed E-state index contributed by atoms with van der Waals surface area (Å²) >= 11 is 6.32. The van der Waals surface area contributed by atoms with E-state index in [-0.39, 0.29) is 5.91 Å². The van der Waals surface area contributed by atoms with E-state index in [9.17, 15) is 4.79 Å². The second-order valence-electron chi connectivity index (χ2n) is 5.26. The molecule has 1 saturated heterocycles. The van der Waals surface area contributed by atoms with Crippen molar-refractivity contribution in [2.24, 2.45) is 0 Å². The van der Waals surface area contributed by atoms with E-state index in [1.54, 1.807) is 0 Å². The first-order valence-electron chi connectivity index (χ1n) is 7.11. The lowest BCUT2D eigenvalue weighted by Gasteiger charge is -2.04. The first-order valence-corrected chi connectivity index (χ1v) is 8.34. The van der Waals surface area contributed by atoms with Gasteiger partial charge in [0.15, 0.2) is 0 Å². The van der Waals surface area contributed by atoms with Gasteiger partial charge in [-0.2, -0.15) is 0 Å². The SMILES string of the molecule is O=C1NC(=S)SC1=Cc1cccc(-c2ccc3[nH]ccc3c2)c1. The Kier molecular flexibility index (Phi) is 3.52. The zero-order valence-electron chi connectivity index (χ0n) is 12.0. The van der Waals surface area contributed by atoms with Gasteiger partial charge in [-0.05, 0) is 52.4 Å². The number of aromatic nitrogens is 1. The fraction of sp³-hybridized carbons (Fsp3) is 0. The van der Waals surface area contributed by atoms with Crippen molar-refractivity contribution in [2.75, 3.05) is 0 Å². The average Bonchev–Trinajstić information content (AvgIpc) is 3.13. The number of aromatic amines is 1. The summed E-state index contributed by atoms with van der Waals surface area (Å²) in [6.45, 7) is 0. The van der Waals surface area contributed by atoms with E-state index in [1.165, 1.54) is 17.1 Å². The van der Waals surface area contributed by atoms with E-state index < -0.39 is 0 Å². The number of nitrogens with one attached hydrogen (secondary N) is 2. The van der Waals surface area contributed by atoms with Crippen LogP contribution >= 0.6 is 24.0 Å². The van der Waals surface area contributed by atoms with E-state index in [1.807, 2.05) is 24.4 Å². The van der Waals surface area contributed by atoms with Gasteiger partial charge in [-0.3, -0.25) is 4.79 Å². The smallest absolute Gasteiger partial charge is 0.263 e. The third kappa shape index (κ3) is 2.81. The molecule has 0 bridgehead atoms. The van der Waals surface area contributed by atoms with Gasteiger partial charge in [0.05, 0.1) is 4.91 Å². The summed E-state index contributed by atoms with van der Waals surface area (Å²) in [6.07, 6.45) is 3.81. The number of hydrogen-bond donors (Lipinski definition) is 2. The first-order chi connectivity index (χ1) is 11.2. The van der Waals surface area contributed by atoms with Crippen molar-refractivity contribution < 1.29 is 4.79 Å². The quantitative estimate of drug-likeness (QED) is 0.541. The van der Waals surface area contributed by atoms with Crippen LogP contribution in [-0.2, 0) is 4.79 Å². The van der Waals surface area contributed by atoms with Gasteiger partial charge in [-0.25, -0.2) is 0 Å². The third-order valence-corrected chi connectivity index (χ3v) is 4.88. The minimum absolute atomic E-state index is 0.126. The number of fused-ring (bicyclic) bond motifs is 1. The number of thioether (sulfide) groups is 1. The van der Waals surface area contributed by atoms with Crippen molar-refractivity contribution in [3.63, 3.8) is 0 Å². The number of rotatable bonds is 2. The maximum absolute atomic E-state index is 11.8. The summed E-state index contributed by atoms with van der Waals surface area (Å²) in [7, 11) is 0. The molecule has 4 rings (SSSR count). The molecule has 0 unspecified atom stereocenters. The Morgan fingerprint density at radius 1 is 1.04 bits per heavy atom. The summed E-state index contributed by atoms with van der Waals surface area (Å²) in [5.74, 6) is -0.126. The molecule has 1 aromatic heterocycles. The van der Waals surface area contributed by atoms with Crippen molar-refractivity contribution in [1.82, 2.24) is 10.3 Å². The Balaban J connectivity index is 1.72. The molecule has 1 amide bonds. The van der Waals surface area contributed by atoms with Crippen LogP contribution in [0.5, 0.6) is 0 Å². The second-order valence-corrected chi connectivity index (χ2v) is 6.98. The molecule has 0 aliphatic carbocycles. The molecule has 0 atom stereocenters. The molecule has 1 fully saturated rings. The zero-order valence-corrected chi connectivity index (χ0v) is 13.6. The number of thiocarbonyl (C=S) groups is 1. The molecular weight excluding hydrogens is 324 g/mol. The van der Waals surface area contributed by atoms with Gasteiger partial charge in [0, 0.05) is 11.7 Å². The molecule has 23 heavy (non-hydrogen) atoms. The molecule has 2 heterocycles. The Labute approximate surface area is 142 Å². The molecule has 0 spiro atoms. The van der Waals surface area contributed by atoms with Gasteiger partial charge >= 0.3 is 0 Å². The van der Waals surface area contributed by atoms with Gasteiger partial charge in [0.1, 0.15) is 4.32 Å². The number of carbonyl (C=O) groups is 1. The predicted molar refractivity (Wildman–Crippen MR) is 100 cm³/mol. The summed E-state index contributed by atoms with van der Waals surface area (Å²) in [5.41, 5.74) is 4.38. The summed E-state index contributed by atoms with van der Waals surface area (Å²) in [5, 5.41) is 3.82. The average molecular weight is 336 g/mol. The highest BCUT2D eigenvalue weighted by atomic mass is 32.2. The topological polar surface area (TPSA) is 44.9 Å². The predicted octanol–water partition coefficient (Wildman–Crippen LogP) is 4.32. The molecule has 3 nitrogen and oxygen atoms in total. The maximum atomic E-state index is 11.8. The zero-order chi connectivity index (χ0) is 15.8. The van der Waals surface area contributed by atoms with Crippen LogP contribution in [0.4, 0.5) is 0 Å². The van der Waals surface area contributed by atoms with Gasteiger partial charge in [-0.15, -0.1) is 0 Å². The molecular formula is C18H12N2OS2. The Bertz CT molecular complexity index is 972. The van der Waals surface area contributed by atoms with E-state index in [0.717, 1.165) is 22.2 Å². The van der Waals surface area contributed by atoms with Crippen LogP contribution in [0.2, 0.25) is 0 Å². The molecule has 5 heteroatoms. The summed E-state index contributed by atoms with van der Waals surface area (Å²) in [4.78, 5) is 15.6. The van der Waals surface area contributed by atoms with Crippen LogP contribution in [0.3, 0.4) is 0 Å². The van der Waals surface area contributed by atoms with Crippen molar-refractivity contribution in [1.29, 1.82) is 0 Å². The summed E-state index contributed by atoms with van der Waals surface area (Å²) < 4.78 is 0.510. The second kappa shape index (κ2) is 5.68. The van der Waals surface area contributed by atoms with Crippen LogP contribution in [0.1, 0.15) is 5.56 Å². The van der Waals surface area contributed by atoms with E-state index in [4.69, 9.17) is 12.2 Å². The van der Waals surface area contributed by atoms with Crippen molar-refractivity contribution in [2.45, 2.75) is 0 Å². The van der Waals surface area contributed by atoms with E-state index in [2.05, 4.69) is 46.7 Å². The van der Waals surface area contributed by atoms with Crippen LogP contribution in [0, 0.1) is 0 Å². The number of amides is 1. The molecule has 0 radical (unpaired) electrons. The highest BCUT2D eigenvalue weighted by Crippen LogP contribution is 2.28. The van der Waals surface area contributed by atoms with Crippen LogP contribution in [-0.4, -0.2) is 15.2 Å². The Morgan fingerprint density at radius 2 is 1.91 bits per heavy atom. The van der Waals surface area contributed by atoms with Crippen LogP contribution in [0.15, 0.2) is 59.6 Å². The first kappa shape index (κ1) is 14.2. The molecule has 3 aromatic rings. The minimum atomic E-state index is -0.126. The molecule has 1 aliphatic rings. The molecule has 0 saturated carbocycles. The van der Waals surface area contributed by atoms with Gasteiger partial charge in [-0.1, -0.05) is 48.2 Å². The van der Waals surface area contributed by atoms with Gasteiger partial charge < -0.3 is 10.3 Å². The van der Waals surface area contributed by atoms with Crippen molar-refractivity contribution in [3.8, 4) is 11.1 Å². The van der Waals surface area contributed by atoms with Crippen molar-refractivity contribution >= 4 is 51.2 Å². The lowest BCUT2D eigenvalue weighted by molar-refractivity contribution is -0.115. The van der Waals surface area contributed by atoms with Crippen molar-refractivity contribution in [3.05, 3.63) is 65.2 Å². The molecule has 112 valence electrons. The Hall–Kier alpha value is -2.37.